The van der Waals surface area contributed by atoms with Gasteiger partial charge in [0.15, 0.2) is 0 Å². The molecule has 0 aliphatic heterocycles. The second-order valence-electron chi connectivity index (χ2n) is 5.30. The average molecular weight is 346 g/mol. The van der Waals surface area contributed by atoms with Gasteiger partial charge in [-0.3, -0.25) is 4.98 Å². The molecule has 0 fully saturated rings. The number of tetrazole rings is 1. The maximum Gasteiger partial charge on any atom is 0.200 e. The van der Waals surface area contributed by atoms with Crippen LogP contribution in [-0.2, 0) is 6.54 Å². The number of rotatable bonds is 6. The molecule has 0 bridgehead atoms. The molecule has 1 atom stereocenters. The summed E-state index contributed by atoms with van der Waals surface area (Å²) in [4.78, 5) is 4.21. The summed E-state index contributed by atoms with van der Waals surface area (Å²) in [5.41, 5.74) is 1.67. The number of aromatic nitrogens is 5. The van der Waals surface area contributed by atoms with Gasteiger partial charge in [0.05, 0.1) is 11.6 Å². The zero-order chi connectivity index (χ0) is 16.9. The fourth-order valence-corrected chi connectivity index (χ4v) is 2.34. The Labute approximate surface area is 143 Å². The molecule has 0 radical (unpaired) electrons. The number of nitrogens with zero attached hydrogens (tertiary/aromatic N) is 5. The Morgan fingerprint density at radius 1 is 1.29 bits per heavy atom. The van der Waals surface area contributed by atoms with Crippen LogP contribution in [0, 0.1) is 6.92 Å². The molecule has 8 heteroatoms. The monoisotopic (exact) mass is 345 g/mol. The molecule has 1 N–H and O–H groups in total. The third-order valence-electron chi connectivity index (χ3n) is 3.33. The number of aliphatic hydroxyl groups excluding tert-OH is 1. The van der Waals surface area contributed by atoms with Crippen LogP contribution in [0.15, 0.2) is 42.6 Å². The first-order chi connectivity index (χ1) is 11.6. The lowest BCUT2D eigenvalue weighted by Crippen LogP contribution is -2.25. The standard InChI is InChI=1S/C16H16ClN5O2/c1-11-5-6-13(17)15(8-11)24-10-12(23)9-22-16(19-20-21-22)14-4-2-3-7-18-14/h2-8,12,23H,9-10H2,1H3/t12-/m0/s1. The van der Waals surface area contributed by atoms with Gasteiger partial charge < -0.3 is 9.84 Å². The predicted molar refractivity (Wildman–Crippen MR) is 88.7 cm³/mol. The molecule has 124 valence electrons. The second-order valence-corrected chi connectivity index (χ2v) is 5.71. The maximum atomic E-state index is 10.2. The van der Waals surface area contributed by atoms with E-state index < -0.39 is 6.10 Å². The molecule has 0 amide bonds. The van der Waals surface area contributed by atoms with E-state index in [2.05, 4.69) is 20.5 Å². The Kier molecular flexibility index (Phi) is 5.02. The van der Waals surface area contributed by atoms with Crippen LogP contribution in [0.3, 0.4) is 0 Å². The number of ether oxygens (including phenoxy) is 1. The minimum Gasteiger partial charge on any atom is -0.489 e. The molecule has 0 aliphatic rings. The summed E-state index contributed by atoms with van der Waals surface area (Å²) in [6.45, 7) is 2.20. The third kappa shape index (κ3) is 3.87. The molecular weight excluding hydrogens is 330 g/mol. The van der Waals surface area contributed by atoms with Crippen LogP contribution in [-0.4, -0.2) is 43.0 Å². The van der Waals surface area contributed by atoms with Gasteiger partial charge >= 0.3 is 0 Å². The van der Waals surface area contributed by atoms with Crippen LogP contribution < -0.4 is 4.74 Å². The van der Waals surface area contributed by atoms with E-state index in [1.165, 1.54) is 4.68 Å². The molecule has 7 nitrogen and oxygen atoms in total. The smallest absolute Gasteiger partial charge is 0.200 e. The summed E-state index contributed by atoms with van der Waals surface area (Å²) in [6.07, 6.45) is 0.862. The van der Waals surface area contributed by atoms with E-state index >= 15 is 0 Å². The van der Waals surface area contributed by atoms with Gasteiger partial charge in [-0.15, -0.1) is 5.10 Å². The van der Waals surface area contributed by atoms with Gasteiger partial charge in [-0.25, -0.2) is 4.68 Å². The number of aliphatic hydroxyl groups is 1. The minimum atomic E-state index is -0.799. The molecule has 0 saturated carbocycles. The van der Waals surface area contributed by atoms with Crippen LogP contribution in [0.25, 0.3) is 11.5 Å². The number of halogens is 1. The van der Waals surface area contributed by atoms with Crippen LogP contribution in [0.2, 0.25) is 5.02 Å². The highest BCUT2D eigenvalue weighted by Crippen LogP contribution is 2.25. The Morgan fingerprint density at radius 2 is 2.17 bits per heavy atom. The lowest BCUT2D eigenvalue weighted by molar-refractivity contribution is 0.0892. The normalized spacial score (nSPS) is 12.1. The zero-order valence-electron chi connectivity index (χ0n) is 13.0. The molecule has 0 saturated heterocycles. The molecule has 2 aromatic heterocycles. The van der Waals surface area contributed by atoms with Gasteiger partial charge in [0, 0.05) is 6.20 Å². The van der Waals surface area contributed by atoms with E-state index in [4.69, 9.17) is 16.3 Å². The fraction of sp³-hybridized carbons (Fsp3) is 0.250. The third-order valence-corrected chi connectivity index (χ3v) is 3.64. The first-order valence-electron chi connectivity index (χ1n) is 7.38. The first-order valence-corrected chi connectivity index (χ1v) is 7.76. The molecule has 24 heavy (non-hydrogen) atoms. The van der Waals surface area contributed by atoms with Crippen molar-refractivity contribution >= 4 is 11.6 Å². The molecule has 0 aliphatic carbocycles. The predicted octanol–water partition coefficient (Wildman–Crippen LogP) is 2.14. The van der Waals surface area contributed by atoms with Crippen molar-refractivity contribution in [2.24, 2.45) is 0 Å². The second kappa shape index (κ2) is 7.37. The number of hydrogen-bond donors (Lipinski definition) is 1. The number of aryl methyl sites for hydroxylation is 1. The van der Waals surface area contributed by atoms with Crippen molar-refractivity contribution in [3.05, 3.63) is 53.2 Å². The van der Waals surface area contributed by atoms with Gasteiger partial charge in [0.1, 0.15) is 24.2 Å². The van der Waals surface area contributed by atoms with Crippen molar-refractivity contribution in [1.29, 1.82) is 0 Å². The van der Waals surface area contributed by atoms with E-state index in [1.54, 1.807) is 18.3 Å². The van der Waals surface area contributed by atoms with Gasteiger partial charge in [-0.05, 0) is 47.2 Å². The quantitative estimate of drug-likeness (QED) is 0.736. The van der Waals surface area contributed by atoms with Crippen molar-refractivity contribution in [3.8, 4) is 17.3 Å². The highest BCUT2D eigenvalue weighted by molar-refractivity contribution is 6.32. The summed E-state index contributed by atoms with van der Waals surface area (Å²) < 4.78 is 7.09. The molecular formula is C16H16ClN5O2. The summed E-state index contributed by atoms with van der Waals surface area (Å²) in [6, 6.07) is 10.9. The minimum absolute atomic E-state index is 0.0741. The highest BCUT2D eigenvalue weighted by Gasteiger charge is 2.15. The summed E-state index contributed by atoms with van der Waals surface area (Å²) in [5.74, 6) is 1.03. The molecule has 1 aromatic carbocycles. The molecule has 3 rings (SSSR count). The van der Waals surface area contributed by atoms with Crippen LogP contribution in [0.5, 0.6) is 5.75 Å². The van der Waals surface area contributed by atoms with Crippen molar-refractivity contribution in [3.63, 3.8) is 0 Å². The Balaban J connectivity index is 1.65. The topological polar surface area (TPSA) is 86.0 Å². The van der Waals surface area contributed by atoms with Crippen LogP contribution in [0.4, 0.5) is 0 Å². The van der Waals surface area contributed by atoms with Gasteiger partial charge in [-0.2, -0.15) is 0 Å². The first kappa shape index (κ1) is 16.4. The van der Waals surface area contributed by atoms with Crippen molar-refractivity contribution < 1.29 is 9.84 Å². The lowest BCUT2D eigenvalue weighted by atomic mass is 10.2. The molecule has 2 heterocycles. The van der Waals surface area contributed by atoms with E-state index in [0.717, 1.165) is 5.56 Å². The van der Waals surface area contributed by atoms with Crippen LogP contribution in [0.1, 0.15) is 5.56 Å². The molecule has 3 aromatic rings. The number of pyridine rings is 1. The maximum absolute atomic E-state index is 10.2. The number of benzene rings is 1. The lowest BCUT2D eigenvalue weighted by Gasteiger charge is -2.14. The summed E-state index contributed by atoms with van der Waals surface area (Å²) in [7, 11) is 0. The zero-order valence-corrected chi connectivity index (χ0v) is 13.8. The van der Waals surface area contributed by atoms with Gasteiger partial charge in [0.2, 0.25) is 5.82 Å². The summed E-state index contributed by atoms with van der Waals surface area (Å²) >= 11 is 6.08. The Hall–Kier alpha value is -2.51. The van der Waals surface area contributed by atoms with E-state index in [0.29, 0.717) is 22.3 Å². The summed E-state index contributed by atoms with van der Waals surface area (Å²) in [5, 5.41) is 22.2. The van der Waals surface area contributed by atoms with Crippen LogP contribution >= 0.6 is 11.6 Å². The van der Waals surface area contributed by atoms with Gasteiger partial charge in [0.25, 0.3) is 0 Å². The SMILES string of the molecule is Cc1ccc(Cl)c(OC[C@@H](O)Cn2nnnc2-c2ccccn2)c1. The van der Waals surface area contributed by atoms with E-state index in [-0.39, 0.29) is 13.2 Å². The highest BCUT2D eigenvalue weighted by atomic mass is 35.5. The van der Waals surface area contributed by atoms with Crippen molar-refractivity contribution in [1.82, 2.24) is 25.2 Å². The fourth-order valence-electron chi connectivity index (χ4n) is 2.17. The Bertz CT molecular complexity index is 809. The van der Waals surface area contributed by atoms with E-state index in [1.807, 2.05) is 31.2 Å². The molecule has 0 unspecified atom stereocenters. The van der Waals surface area contributed by atoms with E-state index in [9.17, 15) is 5.11 Å². The largest absolute Gasteiger partial charge is 0.489 e. The van der Waals surface area contributed by atoms with Crippen molar-refractivity contribution in [2.45, 2.75) is 19.6 Å². The molecule has 0 spiro atoms. The van der Waals surface area contributed by atoms with Crippen molar-refractivity contribution in [2.75, 3.05) is 6.61 Å². The Morgan fingerprint density at radius 3 is 2.96 bits per heavy atom. The average Bonchev–Trinajstić information content (AvgIpc) is 3.04. The van der Waals surface area contributed by atoms with Gasteiger partial charge in [-0.1, -0.05) is 23.7 Å². The number of hydrogen-bond acceptors (Lipinski definition) is 6.